The Labute approximate surface area is 195 Å². The molecular weight excluding hydrogens is 412 g/mol. The van der Waals surface area contributed by atoms with Crippen LogP contribution in [0.1, 0.15) is 39.0 Å². The number of nitriles is 1. The van der Waals surface area contributed by atoms with E-state index in [0.29, 0.717) is 24.3 Å². The molecule has 6 nitrogen and oxygen atoms in total. The van der Waals surface area contributed by atoms with Crippen molar-refractivity contribution in [1.29, 1.82) is 5.26 Å². The zero-order valence-corrected chi connectivity index (χ0v) is 19.1. The minimum Gasteiger partial charge on any atom is -0.488 e. The number of hydrogen-bond acceptors (Lipinski definition) is 5. The van der Waals surface area contributed by atoms with E-state index in [0.717, 1.165) is 54.2 Å². The first-order valence-corrected chi connectivity index (χ1v) is 11.2. The predicted molar refractivity (Wildman–Crippen MR) is 128 cm³/mol. The topological polar surface area (TPSA) is 69.5 Å². The van der Waals surface area contributed by atoms with Gasteiger partial charge in [0, 0.05) is 55.4 Å². The van der Waals surface area contributed by atoms with E-state index in [-0.39, 0.29) is 5.91 Å². The minimum atomic E-state index is 0.0571. The van der Waals surface area contributed by atoms with Crippen molar-refractivity contribution >= 4 is 11.6 Å². The standard InChI is InChI=1S/C27H28N4O2/c1-20-15-24(16-21(2)26(20)33-19-23-5-3-10-29-18-23)27(32)31-12-4-11-30(13-14-31)25-8-6-22(17-28)7-9-25/h3,5-10,15-16,18H,4,11-14,19H2,1-2H3. The molecule has 1 aliphatic heterocycles. The molecule has 33 heavy (non-hydrogen) atoms. The van der Waals surface area contributed by atoms with Gasteiger partial charge in [0.05, 0.1) is 11.6 Å². The molecule has 0 bridgehead atoms. The summed E-state index contributed by atoms with van der Waals surface area (Å²) in [4.78, 5) is 21.6. The Morgan fingerprint density at radius 1 is 1.06 bits per heavy atom. The van der Waals surface area contributed by atoms with Crippen molar-refractivity contribution in [3.8, 4) is 11.8 Å². The van der Waals surface area contributed by atoms with E-state index in [1.54, 1.807) is 12.4 Å². The monoisotopic (exact) mass is 440 g/mol. The molecule has 0 N–H and O–H groups in total. The number of aryl methyl sites for hydroxylation is 2. The van der Waals surface area contributed by atoms with E-state index in [9.17, 15) is 4.79 Å². The zero-order chi connectivity index (χ0) is 23.2. The normalized spacial score (nSPS) is 13.8. The number of pyridine rings is 1. The smallest absolute Gasteiger partial charge is 0.253 e. The summed E-state index contributed by atoms with van der Waals surface area (Å²) in [6.07, 6.45) is 4.44. The molecule has 1 aliphatic rings. The highest BCUT2D eigenvalue weighted by Crippen LogP contribution is 2.27. The van der Waals surface area contributed by atoms with Crippen LogP contribution in [-0.4, -0.2) is 42.0 Å². The molecule has 0 spiro atoms. The van der Waals surface area contributed by atoms with Crippen molar-refractivity contribution in [3.63, 3.8) is 0 Å². The maximum Gasteiger partial charge on any atom is 0.253 e. The maximum atomic E-state index is 13.3. The second-order valence-corrected chi connectivity index (χ2v) is 8.38. The highest BCUT2D eigenvalue weighted by atomic mass is 16.5. The molecule has 1 saturated heterocycles. The Hall–Kier alpha value is -3.85. The number of carbonyl (C=O) groups excluding carboxylic acids is 1. The summed E-state index contributed by atoms with van der Waals surface area (Å²) in [5, 5.41) is 9.01. The van der Waals surface area contributed by atoms with Gasteiger partial charge in [-0.2, -0.15) is 5.26 Å². The molecule has 2 heterocycles. The first-order valence-electron chi connectivity index (χ1n) is 11.2. The van der Waals surface area contributed by atoms with Gasteiger partial charge < -0.3 is 14.5 Å². The molecule has 168 valence electrons. The number of carbonyl (C=O) groups is 1. The van der Waals surface area contributed by atoms with E-state index in [2.05, 4.69) is 16.0 Å². The van der Waals surface area contributed by atoms with Crippen molar-refractivity contribution in [3.05, 3.63) is 88.7 Å². The van der Waals surface area contributed by atoms with Crippen molar-refractivity contribution in [2.75, 3.05) is 31.1 Å². The molecule has 0 atom stereocenters. The van der Waals surface area contributed by atoms with Gasteiger partial charge in [-0.05, 0) is 73.9 Å². The molecule has 1 fully saturated rings. The van der Waals surface area contributed by atoms with E-state index >= 15 is 0 Å². The summed E-state index contributed by atoms with van der Waals surface area (Å²) >= 11 is 0. The fourth-order valence-electron chi connectivity index (χ4n) is 4.25. The summed E-state index contributed by atoms with van der Waals surface area (Å²) < 4.78 is 6.04. The largest absolute Gasteiger partial charge is 0.488 e. The molecule has 0 aliphatic carbocycles. The number of rotatable bonds is 5. The molecule has 3 aromatic rings. The molecule has 6 heteroatoms. The number of amides is 1. The summed E-state index contributed by atoms with van der Waals surface area (Å²) in [6, 6.07) is 17.5. The summed E-state index contributed by atoms with van der Waals surface area (Å²) in [5.41, 5.74) is 5.36. The third-order valence-corrected chi connectivity index (χ3v) is 5.96. The summed E-state index contributed by atoms with van der Waals surface area (Å²) in [5.74, 6) is 0.875. The Kier molecular flexibility index (Phi) is 6.89. The second kappa shape index (κ2) is 10.2. The zero-order valence-electron chi connectivity index (χ0n) is 19.1. The van der Waals surface area contributed by atoms with Crippen LogP contribution >= 0.6 is 0 Å². The number of aromatic nitrogens is 1. The molecule has 4 rings (SSSR count). The molecule has 1 amide bonds. The van der Waals surface area contributed by atoms with Crippen LogP contribution in [0, 0.1) is 25.2 Å². The minimum absolute atomic E-state index is 0.0571. The van der Waals surface area contributed by atoms with Crippen LogP contribution < -0.4 is 9.64 Å². The van der Waals surface area contributed by atoms with Gasteiger partial charge in [-0.1, -0.05) is 6.07 Å². The van der Waals surface area contributed by atoms with Crippen LogP contribution in [0.15, 0.2) is 60.9 Å². The lowest BCUT2D eigenvalue weighted by Gasteiger charge is -2.24. The lowest BCUT2D eigenvalue weighted by Crippen LogP contribution is -2.35. The lowest BCUT2D eigenvalue weighted by atomic mass is 10.0. The third kappa shape index (κ3) is 5.32. The van der Waals surface area contributed by atoms with E-state index in [1.165, 1.54) is 0 Å². The first kappa shape index (κ1) is 22.3. The Morgan fingerprint density at radius 3 is 2.48 bits per heavy atom. The lowest BCUT2D eigenvalue weighted by molar-refractivity contribution is 0.0766. The Bertz CT molecular complexity index is 1130. The van der Waals surface area contributed by atoms with Gasteiger partial charge in [0.1, 0.15) is 12.4 Å². The van der Waals surface area contributed by atoms with Gasteiger partial charge in [0.25, 0.3) is 5.91 Å². The van der Waals surface area contributed by atoms with Gasteiger partial charge in [0.15, 0.2) is 0 Å². The van der Waals surface area contributed by atoms with E-state index in [1.807, 2.05) is 67.3 Å². The van der Waals surface area contributed by atoms with Gasteiger partial charge in [-0.3, -0.25) is 9.78 Å². The fourth-order valence-corrected chi connectivity index (χ4v) is 4.25. The molecule has 1 aromatic heterocycles. The van der Waals surface area contributed by atoms with Gasteiger partial charge in [-0.15, -0.1) is 0 Å². The van der Waals surface area contributed by atoms with Gasteiger partial charge in [-0.25, -0.2) is 0 Å². The Balaban J connectivity index is 1.42. The highest BCUT2D eigenvalue weighted by molar-refractivity contribution is 5.95. The highest BCUT2D eigenvalue weighted by Gasteiger charge is 2.22. The molecular formula is C27H28N4O2. The predicted octanol–water partition coefficient (Wildman–Crippen LogP) is 4.50. The second-order valence-electron chi connectivity index (χ2n) is 8.38. The van der Waals surface area contributed by atoms with Crippen molar-refractivity contribution < 1.29 is 9.53 Å². The molecule has 0 saturated carbocycles. The van der Waals surface area contributed by atoms with Crippen molar-refractivity contribution in [2.45, 2.75) is 26.9 Å². The molecule has 2 aromatic carbocycles. The van der Waals surface area contributed by atoms with Crippen LogP contribution in [0.4, 0.5) is 5.69 Å². The molecule has 0 radical (unpaired) electrons. The van der Waals surface area contributed by atoms with Gasteiger partial charge in [0.2, 0.25) is 0 Å². The first-order chi connectivity index (χ1) is 16.0. The number of ether oxygens (including phenoxy) is 1. The number of hydrogen-bond donors (Lipinski definition) is 0. The summed E-state index contributed by atoms with van der Waals surface area (Å²) in [7, 11) is 0. The van der Waals surface area contributed by atoms with Gasteiger partial charge >= 0.3 is 0 Å². The van der Waals surface area contributed by atoms with Crippen LogP contribution in [-0.2, 0) is 6.61 Å². The SMILES string of the molecule is Cc1cc(C(=O)N2CCCN(c3ccc(C#N)cc3)CC2)cc(C)c1OCc1cccnc1. The number of anilines is 1. The summed E-state index contributed by atoms with van der Waals surface area (Å²) in [6.45, 7) is 7.45. The quantitative estimate of drug-likeness (QED) is 0.584. The number of nitrogens with zero attached hydrogens (tertiary/aromatic N) is 4. The van der Waals surface area contributed by atoms with Crippen molar-refractivity contribution in [1.82, 2.24) is 9.88 Å². The van der Waals surface area contributed by atoms with Crippen LogP contribution in [0.2, 0.25) is 0 Å². The average Bonchev–Trinajstić information content (AvgIpc) is 3.10. The fraction of sp³-hybridized carbons (Fsp3) is 0.296. The third-order valence-electron chi connectivity index (χ3n) is 5.96. The number of benzene rings is 2. The Morgan fingerprint density at radius 2 is 1.82 bits per heavy atom. The van der Waals surface area contributed by atoms with Crippen LogP contribution in [0.25, 0.3) is 0 Å². The van der Waals surface area contributed by atoms with Crippen LogP contribution in [0.5, 0.6) is 5.75 Å². The van der Waals surface area contributed by atoms with E-state index in [4.69, 9.17) is 10.00 Å². The van der Waals surface area contributed by atoms with E-state index < -0.39 is 0 Å². The van der Waals surface area contributed by atoms with Crippen molar-refractivity contribution in [2.24, 2.45) is 0 Å². The van der Waals surface area contributed by atoms with Crippen LogP contribution in [0.3, 0.4) is 0 Å². The maximum absolute atomic E-state index is 13.3. The molecule has 0 unspecified atom stereocenters. The average molecular weight is 441 g/mol.